The maximum absolute atomic E-state index is 12.9. The number of nitrogens with zero attached hydrogens (tertiary/aromatic N) is 5. The van der Waals surface area contributed by atoms with Gasteiger partial charge in [-0.05, 0) is 24.3 Å². The van der Waals surface area contributed by atoms with Gasteiger partial charge in [0.05, 0.1) is 36.2 Å². The second-order valence-electron chi connectivity index (χ2n) is 8.53. The molecule has 0 saturated carbocycles. The topological polar surface area (TPSA) is 114 Å². The van der Waals surface area contributed by atoms with Crippen LogP contribution in [0, 0.1) is 10.1 Å². The number of nitro groups is 1. The number of carbonyl (C=O) groups is 1. The zero-order chi connectivity index (χ0) is 25.9. The minimum atomic E-state index is -0.406. The molecule has 37 heavy (non-hydrogen) atoms. The number of carbonyl (C=O) groups excluding carboxylic acids is 1. The third kappa shape index (κ3) is 5.06. The van der Waals surface area contributed by atoms with Crippen LogP contribution >= 0.6 is 11.3 Å². The van der Waals surface area contributed by atoms with E-state index in [4.69, 9.17) is 14.5 Å². The van der Waals surface area contributed by atoms with Crippen molar-refractivity contribution in [3.63, 3.8) is 0 Å². The molecule has 2 amide bonds. The van der Waals surface area contributed by atoms with Crippen molar-refractivity contribution in [2.75, 3.05) is 45.7 Å². The van der Waals surface area contributed by atoms with Gasteiger partial charge in [0, 0.05) is 68.1 Å². The van der Waals surface area contributed by atoms with Crippen LogP contribution in [0.4, 0.5) is 16.2 Å². The molecule has 1 aliphatic heterocycles. The van der Waals surface area contributed by atoms with Crippen molar-refractivity contribution in [1.29, 1.82) is 0 Å². The van der Waals surface area contributed by atoms with Gasteiger partial charge in [-0.25, -0.2) is 9.78 Å². The molecule has 0 bridgehead atoms. The van der Waals surface area contributed by atoms with Gasteiger partial charge in [0.25, 0.3) is 5.69 Å². The van der Waals surface area contributed by atoms with Crippen molar-refractivity contribution in [1.82, 2.24) is 19.2 Å². The van der Waals surface area contributed by atoms with Gasteiger partial charge in [-0.15, -0.1) is 11.3 Å². The van der Waals surface area contributed by atoms with Crippen LogP contribution in [-0.4, -0.2) is 70.5 Å². The van der Waals surface area contributed by atoms with Crippen molar-refractivity contribution >= 4 is 33.7 Å². The van der Waals surface area contributed by atoms with Crippen molar-refractivity contribution in [3.05, 3.63) is 69.8 Å². The molecule has 0 aliphatic carbocycles. The summed E-state index contributed by atoms with van der Waals surface area (Å²) in [7, 11) is 3.13. The normalized spacial score (nSPS) is 14.1. The molecule has 1 fully saturated rings. The lowest BCUT2D eigenvalue weighted by atomic mass is 10.1. The Morgan fingerprint density at radius 3 is 2.54 bits per heavy atom. The summed E-state index contributed by atoms with van der Waals surface area (Å²) in [4.78, 5) is 33.3. The summed E-state index contributed by atoms with van der Waals surface area (Å²) in [6, 6.07) is 11.6. The van der Waals surface area contributed by atoms with Gasteiger partial charge in [0.15, 0.2) is 4.96 Å². The van der Waals surface area contributed by atoms with Crippen molar-refractivity contribution in [3.8, 4) is 22.8 Å². The number of nitro benzene ring substituents is 1. The monoisotopic (exact) mass is 522 g/mol. The third-order valence-corrected chi connectivity index (χ3v) is 7.15. The van der Waals surface area contributed by atoms with Crippen LogP contribution in [0.2, 0.25) is 0 Å². The van der Waals surface area contributed by atoms with E-state index in [0.717, 1.165) is 21.9 Å². The highest BCUT2D eigenvalue weighted by molar-refractivity contribution is 7.15. The third-order valence-electron chi connectivity index (χ3n) is 6.40. The van der Waals surface area contributed by atoms with E-state index in [1.54, 1.807) is 60.8 Å². The number of rotatable bonds is 7. The maximum atomic E-state index is 12.9. The molecule has 5 rings (SSSR count). The maximum Gasteiger partial charge on any atom is 0.322 e. The lowest BCUT2D eigenvalue weighted by molar-refractivity contribution is -0.384. The van der Waals surface area contributed by atoms with E-state index in [9.17, 15) is 14.9 Å². The van der Waals surface area contributed by atoms with Gasteiger partial charge >= 0.3 is 6.03 Å². The van der Waals surface area contributed by atoms with Crippen molar-refractivity contribution in [2.45, 2.75) is 6.54 Å². The summed E-state index contributed by atoms with van der Waals surface area (Å²) >= 11 is 1.54. The number of hydrogen-bond donors (Lipinski definition) is 1. The van der Waals surface area contributed by atoms with E-state index in [-0.39, 0.29) is 11.7 Å². The molecule has 0 unspecified atom stereocenters. The van der Waals surface area contributed by atoms with Crippen molar-refractivity contribution in [2.24, 2.45) is 0 Å². The van der Waals surface area contributed by atoms with E-state index in [2.05, 4.69) is 14.6 Å². The number of amides is 2. The Morgan fingerprint density at radius 2 is 1.86 bits per heavy atom. The second kappa shape index (κ2) is 10.4. The Morgan fingerprint density at radius 1 is 1.11 bits per heavy atom. The fraction of sp³-hybridized carbons (Fsp3) is 0.280. The molecular weight excluding hydrogens is 496 g/mol. The zero-order valence-electron chi connectivity index (χ0n) is 20.4. The van der Waals surface area contributed by atoms with Crippen LogP contribution in [0.25, 0.3) is 16.2 Å². The summed E-state index contributed by atoms with van der Waals surface area (Å²) in [5.74, 6) is 1.18. The summed E-state index contributed by atoms with van der Waals surface area (Å²) in [6.07, 6.45) is 1.99. The van der Waals surface area contributed by atoms with Crippen molar-refractivity contribution < 1.29 is 19.2 Å². The standard InChI is InChI=1S/C25H26N6O5S/c1-35-19-7-8-20(22(15-19)36-2)26-24(32)29-11-9-28(10-12-29)16-21-23(27-25-30(21)13-14-37-25)17-3-5-18(6-4-17)31(33)34/h3-8,13-15H,9-12,16H2,1-2H3,(H,26,32). The predicted molar refractivity (Wildman–Crippen MR) is 141 cm³/mol. The smallest absolute Gasteiger partial charge is 0.322 e. The number of urea groups is 1. The van der Waals surface area contributed by atoms with Gasteiger partial charge < -0.3 is 19.7 Å². The second-order valence-corrected chi connectivity index (χ2v) is 9.40. The lowest BCUT2D eigenvalue weighted by Gasteiger charge is -2.34. The zero-order valence-corrected chi connectivity index (χ0v) is 21.2. The van der Waals surface area contributed by atoms with E-state index >= 15 is 0 Å². The van der Waals surface area contributed by atoms with E-state index in [1.807, 2.05) is 11.6 Å². The number of thiazole rings is 1. The minimum Gasteiger partial charge on any atom is -0.497 e. The highest BCUT2D eigenvalue weighted by atomic mass is 32.1. The molecule has 11 nitrogen and oxygen atoms in total. The molecule has 3 heterocycles. The van der Waals surface area contributed by atoms with E-state index in [0.29, 0.717) is 49.9 Å². The number of non-ortho nitro benzene ring substituents is 1. The number of imidazole rings is 1. The summed E-state index contributed by atoms with van der Waals surface area (Å²) in [6.45, 7) is 3.19. The quantitative estimate of drug-likeness (QED) is 0.284. The number of ether oxygens (including phenoxy) is 2. The first-order valence-corrected chi connectivity index (χ1v) is 12.5. The number of fused-ring (bicyclic) bond motifs is 1. The molecule has 12 heteroatoms. The summed E-state index contributed by atoms with van der Waals surface area (Å²) < 4.78 is 12.7. The molecule has 0 atom stereocenters. The minimum absolute atomic E-state index is 0.0491. The molecular formula is C25H26N6O5S. The molecule has 2 aromatic heterocycles. The van der Waals surface area contributed by atoms with Gasteiger partial charge in [0.2, 0.25) is 0 Å². The van der Waals surface area contributed by atoms with Gasteiger partial charge in [0.1, 0.15) is 11.5 Å². The lowest BCUT2D eigenvalue weighted by Crippen LogP contribution is -2.49. The Balaban J connectivity index is 1.26. The highest BCUT2D eigenvalue weighted by Crippen LogP contribution is 2.31. The molecule has 192 valence electrons. The number of hydrogen-bond acceptors (Lipinski definition) is 8. The van der Waals surface area contributed by atoms with Crippen LogP contribution in [0.5, 0.6) is 11.5 Å². The number of anilines is 1. The Hall–Kier alpha value is -4.16. The van der Waals surface area contributed by atoms with Gasteiger partial charge in [-0.3, -0.25) is 19.4 Å². The Bertz CT molecular complexity index is 1430. The van der Waals surface area contributed by atoms with Crippen LogP contribution in [0.15, 0.2) is 54.0 Å². The van der Waals surface area contributed by atoms with Gasteiger partial charge in [-0.2, -0.15) is 0 Å². The highest BCUT2D eigenvalue weighted by Gasteiger charge is 2.25. The molecule has 4 aromatic rings. The van der Waals surface area contributed by atoms with Crippen LogP contribution in [-0.2, 0) is 6.54 Å². The average Bonchev–Trinajstić information content (AvgIpc) is 3.52. The molecule has 1 N–H and O–H groups in total. The Kier molecular flexibility index (Phi) is 6.93. The molecule has 1 saturated heterocycles. The number of benzene rings is 2. The first kappa shape index (κ1) is 24.5. The first-order chi connectivity index (χ1) is 18.0. The molecule has 2 aromatic carbocycles. The number of methoxy groups -OCH3 is 2. The fourth-order valence-electron chi connectivity index (χ4n) is 4.37. The number of piperazine rings is 1. The van der Waals surface area contributed by atoms with Gasteiger partial charge in [-0.1, -0.05) is 0 Å². The number of nitrogens with one attached hydrogen (secondary N) is 1. The predicted octanol–water partition coefficient (Wildman–Crippen LogP) is 4.34. The SMILES string of the molecule is COc1ccc(NC(=O)N2CCN(Cc3c(-c4ccc([N+](=O)[O-])cc4)nc4sccn34)CC2)c(OC)c1. The molecule has 1 aliphatic rings. The largest absolute Gasteiger partial charge is 0.497 e. The van der Waals surface area contributed by atoms with Crippen LogP contribution in [0.1, 0.15) is 5.69 Å². The molecule has 0 spiro atoms. The van der Waals surface area contributed by atoms with Crippen LogP contribution in [0.3, 0.4) is 0 Å². The molecule has 0 radical (unpaired) electrons. The summed E-state index contributed by atoms with van der Waals surface area (Å²) in [5, 5.41) is 16.0. The average molecular weight is 523 g/mol. The van der Waals surface area contributed by atoms with E-state index in [1.165, 1.54) is 12.1 Å². The van der Waals surface area contributed by atoms with E-state index < -0.39 is 4.92 Å². The Labute approximate surface area is 217 Å². The first-order valence-electron chi connectivity index (χ1n) is 11.7. The number of aromatic nitrogens is 2. The summed E-state index contributed by atoms with van der Waals surface area (Å²) in [5.41, 5.74) is 3.30. The van der Waals surface area contributed by atoms with Crippen LogP contribution < -0.4 is 14.8 Å². The fourth-order valence-corrected chi connectivity index (χ4v) is 5.11.